The summed E-state index contributed by atoms with van der Waals surface area (Å²) >= 11 is 0. The van der Waals surface area contributed by atoms with Crippen LogP contribution in [0.4, 0.5) is 105 Å². The second kappa shape index (κ2) is 21.6. The molecule has 0 fully saturated rings. The lowest BCUT2D eigenvalue weighted by atomic mass is 9.12. The molecule has 0 aliphatic rings. The molecule has 0 unspecified atom stereocenters. The molecule has 0 radical (unpaired) electrons. The largest absolute Gasteiger partial charge is 0.416 e. The van der Waals surface area contributed by atoms with Crippen molar-refractivity contribution < 1.29 is 115 Å². The zero-order valence-electron chi connectivity index (χ0n) is 38.8. The van der Waals surface area contributed by atoms with E-state index in [1.54, 1.807) is 6.20 Å². The summed E-state index contributed by atoms with van der Waals surface area (Å²) in [5, 5.41) is 0. The highest BCUT2D eigenvalue weighted by atomic mass is 19.4. The molecule has 420 valence electrons. The summed E-state index contributed by atoms with van der Waals surface area (Å²) in [6.45, 7) is 0.328. The standard InChI is InChI=1S/C32H12BF24.C19H17N2O/c34-25(35,36)13-1-14(26(37,38)39)6-21(5-13)33(22-7-15(27(40,41)42)2-16(8-22)28(43,44)45,23-9-17(29(46,47)48)3-18(10-23)30(49,50)51)24-11-19(31(52,53)54)4-20(12-24)32(55,56)57;22-19(17-9-5-2-6-10-17)15-21-12-11-20-18(14-21)13-16-7-3-1-4-8-16/h1-12H;1-12,14H,13,15H2/q-1;+1. The van der Waals surface area contributed by atoms with Gasteiger partial charge in [0.05, 0.1) is 50.7 Å². The van der Waals surface area contributed by atoms with Crippen molar-refractivity contribution in [3.05, 3.63) is 213 Å². The summed E-state index contributed by atoms with van der Waals surface area (Å²) in [7, 11) is 0. The molecule has 7 aromatic rings. The predicted octanol–water partition coefficient (Wildman–Crippen LogP) is 14.1. The van der Waals surface area contributed by atoms with Crippen LogP contribution >= 0.6 is 0 Å². The molecule has 3 nitrogen and oxygen atoms in total. The van der Waals surface area contributed by atoms with Crippen LogP contribution in [0.1, 0.15) is 66.1 Å². The lowest BCUT2D eigenvalue weighted by Gasteiger charge is -2.46. The number of aromatic nitrogens is 2. The van der Waals surface area contributed by atoms with Crippen molar-refractivity contribution >= 4 is 33.8 Å². The maximum Gasteiger partial charge on any atom is 0.416 e. The monoisotopic (exact) mass is 1150 g/mol. The molecule has 0 amide bonds. The summed E-state index contributed by atoms with van der Waals surface area (Å²) in [5.74, 6) is 0.0995. The van der Waals surface area contributed by atoms with Crippen molar-refractivity contribution in [2.75, 3.05) is 0 Å². The zero-order valence-corrected chi connectivity index (χ0v) is 38.8. The van der Waals surface area contributed by atoms with E-state index in [0.29, 0.717) is 6.54 Å². The number of carbonyl (C=O) groups is 1. The molecule has 0 aliphatic heterocycles. The third-order valence-corrected chi connectivity index (χ3v) is 11.9. The number of halogens is 24. The molecular formula is C51H29BF24N2O. The number of ketones is 1. The molecule has 1 aromatic heterocycles. The van der Waals surface area contributed by atoms with Gasteiger partial charge in [-0.15, -0.1) is 0 Å². The van der Waals surface area contributed by atoms with E-state index in [-0.39, 0.29) is 5.78 Å². The van der Waals surface area contributed by atoms with Gasteiger partial charge < -0.3 is 0 Å². The minimum absolute atomic E-state index is 0.0995. The highest BCUT2D eigenvalue weighted by Gasteiger charge is 2.47. The maximum atomic E-state index is 14.2. The van der Waals surface area contributed by atoms with E-state index in [2.05, 4.69) is 17.1 Å². The van der Waals surface area contributed by atoms with Crippen LogP contribution in [0.5, 0.6) is 0 Å². The quantitative estimate of drug-likeness (QED) is 0.0625. The second-order valence-electron chi connectivity index (χ2n) is 17.4. The molecule has 28 heteroatoms. The molecule has 0 saturated carbocycles. The fourth-order valence-corrected chi connectivity index (χ4v) is 8.43. The lowest BCUT2D eigenvalue weighted by Crippen LogP contribution is -2.75. The van der Waals surface area contributed by atoms with Gasteiger partial charge in [0.2, 0.25) is 12.3 Å². The SMILES string of the molecule is FC(F)(F)c1cc([B-](c2cc(C(F)(F)F)cc(C(F)(F)F)c2)(c2cc(C(F)(F)F)cc(C(F)(F)F)c2)c2cc(C(F)(F)F)cc(C(F)(F)F)c2)cc(C(F)(F)F)c1.O=C(C[n+]1ccnc(Cc2ccccc2)c1)c1ccccc1. The van der Waals surface area contributed by atoms with E-state index >= 15 is 0 Å². The Hall–Kier alpha value is -7.55. The van der Waals surface area contributed by atoms with Crippen LogP contribution in [-0.2, 0) is 62.4 Å². The third-order valence-electron chi connectivity index (χ3n) is 11.9. The van der Waals surface area contributed by atoms with E-state index < -0.39 is 195 Å². The summed E-state index contributed by atoms with van der Waals surface area (Å²) in [6, 6.07) is 10.7. The molecule has 6 aromatic carbocycles. The average molecular weight is 1150 g/mol. The summed E-state index contributed by atoms with van der Waals surface area (Å²) < 4.78 is 343. The van der Waals surface area contributed by atoms with Gasteiger partial charge in [-0.3, -0.25) is 4.79 Å². The molecule has 0 atom stereocenters. The molecule has 0 spiro atoms. The normalized spacial score (nSPS) is 13.2. The highest BCUT2D eigenvalue weighted by molar-refractivity contribution is 7.20. The Morgan fingerprint density at radius 1 is 0.380 bits per heavy atom. The average Bonchev–Trinajstić information content (AvgIpc) is 3.54. The van der Waals surface area contributed by atoms with Gasteiger partial charge >= 0.3 is 49.4 Å². The van der Waals surface area contributed by atoms with Crippen molar-refractivity contribution in [2.45, 2.75) is 62.4 Å². The van der Waals surface area contributed by atoms with Crippen LogP contribution in [0.3, 0.4) is 0 Å². The Bertz CT molecular complexity index is 2860. The Morgan fingerprint density at radius 2 is 0.646 bits per heavy atom. The molecule has 0 N–H and O–H groups in total. The first-order valence-electron chi connectivity index (χ1n) is 21.9. The molecular weight excluding hydrogens is 1120 g/mol. The smallest absolute Gasteiger partial charge is 0.287 e. The first kappa shape index (κ1) is 60.7. The Kier molecular flexibility index (Phi) is 16.6. The fraction of sp³-hybridized carbons (Fsp3) is 0.196. The first-order chi connectivity index (χ1) is 36.1. The Balaban J connectivity index is 0.000000378. The topological polar surface area (TPSA) is 33.8 Å². The number of benzene rings is 6. The van der Waals surface area contributed by atoms with Gasteiger partial charge in [0.1, 0.15) is 11.8 Å². The van der Waals surface area contributed by atoms with Gasteiger partial charge in [0, 0.05) is 12.0 Å². The Labute approximate surface area is 428 Å². The van der Waals surface area contributed by atoms with Crippen LogP contribution in [0, 0.1) is 0 Å². The van der Waals surface area contributed by atoms with Crippen molar-refractivity contribution in [2.24, 2.45) is 0 Å². The number of alkyl halides is 24. The van der Waals surface area contributed by atoms with E-state index in [0.717, 1.165) is 17.7 Å². The van der Waals surface area contributed by atoms with Crippen LogP contribution in [0.2, 0.25) is 0 Å². The third kappa shape index (κ3) is 14.6. The molecule has 0 aliphatic carbocycles. The second-order valence-corrected chi connectivity index (χ2v) is 17.4. The zero-order chi connectivity index (χ0) is 59.1. The molecule has 0 bridgehead atoms. The van der Waals surface area contributed by atoms with E-state index in [1.165, 1.54) is 5.56 Å². The van der Waals surface area contributed by atoms with Gasteiger partial charge in [-0.2, -0.15) is 132 Å². The lowest BCUT2D eigenvalue weighted by molar-refractivity contribution is -0.684. The van der Waals surface area contributed by atoms with Crippen LogP contribution in [0.15, 0.2) is 152 Å². The number of hydrogen-bond acceptors (Lipinski definition) is 2. The summed E-state index contributed by atoms with van der Waals surface area (Å²) in [4.78, 5) is 16.6. The van der Waals surface area contributed by atoms with Crippen molar-refractivity contribution in [1.29, 1.82) is 0 Å². The van der Waals surface area contributed by atoms with Crippen LogP contribution < -0.4 is 26.4 Å². The molecule has 1 heterocycles. The van der Waals surface area contributed by atoms with Crippen molar-refractivity contribution in [3.8, 4) is 0 Å². The molecule has 79 heavy (non-hydrogen) atoms. The summed E-state index contributed by atoms with van der Waals surface area (Å²) in [6.07, 6.45) is -48.5. The predicted molar refractivity (Wildman–Crippen MR) is 235 cm³/mol. The number of hydrogen-bond donors (Lipinski definition) is 0. The van der Waals surface area contributed by atoms with Crippen molar-refractivity contribution in [3.63, 3.8) is 0 Å². The van der Waals surface area contributed by atoms with Crippen LogP contribution in [0.25, 0.3) is 0 Å². The van der Waals surface area contributed by atoms with Gasteiger partial charge in [0.25, 0.3) is 0 Å². The maximum absolute atomic E-state index is 14.2. The van der Waals surface area contributed by atoms with Gasteiger partial charge in [-0.1, -0.05) is 109 Å². The molecule has 7 rings (SSSR count). The van der Waals surface area contributed by atoms with Gasteiger partial charge in [0.15, 0.2) is 12.4 Å². The minimum Gasteiger partial charge on any atom is -0.287 e. The number of nitrogens with zero attached hydrogens (tertiary/aromatic N) is 2. The van der Waals surface area contributed by atoms with E-state index in [1.807, 2.05) is 65.5 Å². The fourth-order valence-electron chi connectivity index (χ4n) is 8.43. The Morgan fingerprint density at radius 3 is 0.911 bits per heavy atom. The van der Waals surface area contributed by atoms with Gasteiger partial charge in [-0.05, 0) is 29.8 Å². The number of rotatable bonds is 9. The first-order valence-corrected chi connectivity index (χ1v) is 21.9. The van der Waals surface area contributed by atoms with Crippen LogP contribution in [-0.4, -0.2) is 16.9 Å². The minimum atomic E-state index is -6.13. The molecule has 0 saturated heterocycles. The number of carbonyl (C=O) groups excluding carboxylic acids is 1. The van der Waals surface area contributed by atoms with Gasteiger partial charge in [-0.25, -0.2) is 4.98 Å². The summed E-state index contributed by atoms with van der Waals surface area (Å²) in [5.41, 5.74) is -27.3. The van der Waals surface area contributed by atoms with E-state index in [9.17, 15) is 110 Å². The number of Topliss-reactive ketones (excluding diaryl/α,β-unsaturated/α-hetero) is 1. The van der Waals surface area contributed by atoms with Crippen molar-refractivity contribution in [1.82, 2.24) is 4.98 Å². The highest BCUT2D eigenvalue weighted by Crippen LogP contribution is 2.41. The van der Waals surface area contributed by atoms with E-state index in [4.69, 9.17) is 0 Å².